The molecule has 312 valence electrons. The van der Waals surface area contributed by atoms with E-state index in [1.54, 1.807) is 4.90 Å². The number of benzene rings is 1. The molecule has 1 aromatic carbocycles. The second-order valence-corrected chi connectivity index (χ2v) is 18.7. The molecule has 16 nitrogen and oxygen atoms in total. The van der Waals surface area contributed by atoms with Crippen molar-refractivity contribution in [1.82, 2.24) is 30.1 Å². The predicted molar refractivity (Wildman–Crippen MR) is 207 cm³/mol. The van der Waals surface area contributed by atoms with Crippen molar-refractivity contribution in [2.24, 2.45) is 5.92 Å². The number of rotatable bonds is 10. The van der Waals surface area contributed by atoms with Gasteiger partial charge in [0.1, 0.15) is 42.2 Å². The van der Waals surface area contributed by atoms with Crippen LogP contribution in [0.1, 0.15) is 94.6 Å². The van der Waals surface area contributed by atoms with Crippen molar-refractivity contribution in [3.8, 4) is 5.75 Å². The lowest BCUT2D eigenvalue weighted by molar-refractivity contribution is -0.141. The number of nitrogens with zero attached hydrogens (tertiary/aromatic N) is 3. The van der Waals surface area contributed by atoms with Gasteiger partial charge in [-0.3, -0.25) is 24.0 Å². The minimum atomic E-state index is -3.91. The smallest absolute Gasteiger partial charge is 0.410 e. The topological polar surface area (TPSA) is 193 Å². The Bertz CT molecular complexity index is 1850. The van der Waals surface area contributed by atoms with Crippen LogP contribution < -0.4 is 20.1 Å². The molecular weight excluding hydrogens is 757 g/mol. The van der Waals surface area contributed by atoms with E-state index in [4.69, 9.17) is 14.2 Å². The fraction of sp³-hybridized carbons (Fsp3) is 0.675. The van der Waals surface area contributed by atoms with Gasteiger partial charge in [0, 0.05) is 32.0 Å². The van der Waals surface area contributed by atoms with E-state index in [1.807, 2.05) is 49.3 Å². The Labute approximate surface area is 334 Å². The molecule has 3 heterocycles. The first-order valence-electron chi connectivity index (χ1n) is 20.5. The van der Waals surface area contributed by atoms with Crippen molar-refractivity contribution >= 4 is 39.9 Å². The summed E-state index contributed by atoms with van der Waals surface area (Å²) in [7, 11) is 0.0280. The zero-order chi connectivity index (χ0) is 40.3. The molecule has 3 aliphatic heterocycles. The lowest BCUT2D eigenvalue weighted by atomic mass is 10.0. The number of carbonyl (C=O) groups excluding carboxylic acids is 5. The quantitative estimate of drug-likeness (QED) is 0.294. The van der Waals surface area contributed by atoms with Gasteiger partial charge in [0.15, 0.2) is 0 Å². The Morgan fingerprint density at radius 3 is 2.46 bits per heavy atom. The van der Waals surface area contributed by atoms with Gasteiger partial charge in [-0.25, -0.2) is 18.0 Å². The highest BCUT2D eigenvalue weighted by Gasteiger charge is 2.62. The van der Waals surface area contributed by atoms with Crippen LogP contribution in [0.15, 0.2) is 30.4 Å². The number of sulfonamides is 1. The number of nitrogens with one attached hydrogen (secondary N) is 3. The van der Waals surface area contributed by atoms with E-state index in [-0.39, 0.29) is 25.5 Å². The molecule has 5 atom stereocenters. The van der Waals surface area contributed by atoms with E-state index >= 15 is 0 Å². The van der Waals surface area contributed by atoms with Gasteiger partial charge in [-0.05, 0) is 102 Å². The van der Waals surface area contributed by atoms with Gasteiger partial charge in [0.05, 0.1) is 11.8 Å². The van der Waals surface area contributed by atoms with Gasteiger partial charge < -0.3 is 34.6 Å². The molecule has 0 aromatic heterocycles. The average molecular weight is 813 g/mol. The minimum Gasteiger partial charge on any atom is -0.492 e. The summed E-state index contributed by atoms with van der Waals surface area (Å²) in [6.45, 7) is 1.76. The number of ether oxygens (including phenoxy) is 3. The van der Waals surface area contributed by atoms with Gasteiger partial charge in [-0.1, -0.05) is 31.1 Å². The average Bonchev–Trinajstić information content (AvgIpc) is 3.95. The molecular formula is C40H56N6O10S. The third-order valence-electron chi connectivity index (χ3n) is 11.9. The van der Waals surface area contributed by atoms with Crippen molar-refractivity contribution in [2.75, 3.05) is 33.8 Å². The van der Waals surface area contributed by atoms with E-state index in [0.29, 0.717) is 57.6 Å². The summed E-state index contributed by atoms with van der Waals surface area (Å²) >= 11 is 0. The number of amides is 5. The molecule has 1 saturated heterocycles. The first kappa shape index (κ1) is 40.8. The van der Waals surface area contributed by atoms with Crippen LogP contribution in [-0.4, -0.2) is 122 Å². The molecule has 17 heteroatoms. The van der Waals surface area contributed by atoms with Crippen LogP contribution in [0.5, 0.6) is 5.75 Å². The molecule has 4 fully saturated rings. The van der Waals surface area contributed by atoms with Gasteiger partial charge in [0.25, 0.3) is 5.91 Å². The highest BCUT2D eigenvalue weighted by molar-refractivity contribution is 7.91. The van der Waals surface area contributed by atoms with Crippen LogP contribution in [0.25, 0.3) is 0 Å². The first-order valence-corrected chi connectivity index (χ1v) is 22.0. The number of fused-ring (bicyclic) bond motifs is 3. The molecule has 0 spiro atoms. The fourth-order valence-electron chi connectivity index (χ4n) is 8.33. The normalized spacial score (nSPS) is 28.6. The molecule has 57 heavy (non-hydrogen) atoms. The van der Waals surface area contributed by atoms with Crippen LogP contribution in [0.3, 0.4) is 0 Å². The lowest BCUT2D eigenvalue weighted by Gasteiger charge is -2.30. The molecule has 0 bridgehead atoms. The summed E-state index contributed by atoms with van der Waals surface area (Å²) in [4.78, 5) is 74.2. The maximum atomic E-state index is 14.5. The summed E-state index contributed by atoms with van der Waals surface area (Å²) in [5, 5.41) is 4.98. The Hall–Kier alpha value is -4.38. The third kappa shape index (κ3) is 9.85. The number of alkyl carbamates (subject to hydrolysis) is 1. The maximum absolute atomic E-state index is 14.5. The Kier molecular flexibility index (Phi) is 12.3. The molecule has 3 aliphatic carbocycles. The van der Waals surface area contributed by atoms with Crippen LogP contribution >= 0.6 is 0 Å². The monoisotopic (exact) mass is 812 g/mol. The number of hydrogen-bond donors (Lipinski definition) is 3. The van der Waals surface area contributed by atoms with Crippen LogP contribution in [-0.2, 0) is 47.0 Å². The van der Waals surface area contributed by atoms with Gasteiger partial charge >= 0.3 is 12.2 Å². The van der Waals surface area contributed by atoms with E-state index in [1.165, 1.54) is 4.90 Å². The molecule has 0 radical (unpaired) electrons. The molecule has 6 aliphatic rings. The summed E-state index contributed by atoms with van der Waals surface area (Å²) in [5.41, 5.74) is 0.360. The number of likely N-dealkylation sites (N-methyl/N-ethyl adjacent to an activating group) is 1. The third-order valence-corrected chi connectivity index (χ3v) is 13.8. The highest BCUT2D eigenvalue weighted by atomic mass is 32.2. The number of allylic oxidation sites excluding steroid dienone is 1. The molecule has 1 aromatic rings. The van der Waals surface area contributed by atoms with Gasteiger partial charge in [-0.15, -0.1) is 0 Å². The predicted octanol–water partition coefficient (Wildman–Crippen LogP) is 3.09. The standard InChI is InChI=1S/C40H56N6O10S/c1-44(2)18-19-54-30-15-14-26-23-45(24-27(26)20-30)39(51)56-31-21-34-35(47)42-40(37(49)43-57(52,53)32-16-17-32)22-28(40)10-6-4-3-5-7-13-33(36(48)46(34)25-31)41-38(50)55-29-11-8-9-12-29/h6,10,14-15,20,28-29,31-34H,3-5,7-9,11-13,16-19,21-25H2,1-2H3,(H,41,50)(H,42,47)(H,43,49)/b10-6-/t28-,31+,33-,34-,40+/m0/s1. The van der Waals surface area contributed by atoms with Crippen molar-refractivity contribution < 1.29 is 46.6 Å². The Morgan fingerprint density at radius 1 is 0.947 bits per heavy atom. The van der Waals surface area contributed by atoms with Gasteiger partial charge in [-0.2, -0.15) is 0 Å². The van der Waals surface area contributed by atoms with E-state index < -0.39 is 74.8 Å². The molecule has 0 unspecified atom stereocenters. The molecule has 5 amide bonds. The van der Waals surface area contributed by atoms with E-state index in [9.17, 15) is 32.4 Å². The second-order valence-electron chi connectivity index (χ2n) is 16.7. The maximum Gasteiger partial charge on any atom is 0.410 e. The summed E-state index contributed by atoms with van der Waals surface area (Å²) in [6.07, 6.45) is 9.01. The van der Waals surface area contributed by atoms with Gasteiger partial charge in [0.2, 0.25) is 21.8 Å². The first-order chi connectivity index (χ1) is 27.3. The van der Waals surface area contributed by atoms with E-state index in [0.717, 1.165) is 56.2 Å². The summed E-state index contributed by atoms with van der Waals surface area (Å²) in [6, 6.07) is 3.53. The van der Waals surface area contributed by atoms with Crippen LogP contribution in [0, 0.1) is 5.92 Å². The van der Waals surface area contributed by atoms with Crippen LogP contribution in [0.2, 0.25) is 0 Å². The van der Waals surface area contributed by atoms with Crippen molar-refractivity contribution in [1.29, 1.82) is 0 Å². The lowest BCUT2D eigenvalue weighted by Crippen LogP contribution is -2.58. The molecule has 3 saturated carbocycles. The van der Waals surface area contributed by atoms with Crippen molar-refractivity contribution in [2.45, 2.75) is 132 Å². The van der Waals surface area contributed by atoms with E-state index in [2.05, 4.69) is 15.4 Å². The largest absolute Gasteiger partial charge is 0.492 e. The number of hydrogen-bond acceptors (Lipinski definition) is 11. The fourth-order valence-corrected chi connectivity index (χ4v) is 9.70. The Balaban J connectivity index is 1.09. The van der Waals surface area contributed by atoms with Crippen molar-refractivity contribution in [3.63, 3.8) is 0 Å². The summed E-state index contributed by atoms with van der Waals surface area (Å²) in [5.74, 6) is -1.75. The zero-order valence-electron chi connectivity index (χ0n) is 32.9. The molecule has 7 rings (SSSR count). The Morgan fingerprint density at radius 2 is 1.70 bits per heavy atom. The summed E-state index contributed by atoms with van der Waals surface area (Å²) < 4.78 is 45.4. The number of carbonyl (C=O) groups is 5. The van der Waals surface area contributed by atoms with Crippen molar-refractivity contribution in [3.05, 3.63) is 41.5 Å². The second kappa shape index (κ2) is 17.2. The zero-order valence-corrected chi connectivity index (χ0v) is 33.7. The minimum absolute atomic E-state index is 0.0637. The van der Waals surface area contributed by atoms with Crippen LogP contribution in [0.4, 0.5) is 9.59 Å². The molecule has 3 N–H and O–H groups in total. The highest BCUT2D eigenvalue weighted by Crippen LogP contribution is 2.46. The SMILES string of the molecule is CN(C)CCOc1ccc2c(c1)CN(C(=O)O[C@@H]1C[C@H]3C(=O)N[C@]4(C(=O)NS(=O)(=O)C5CC5)C[C@@H]4/C=C\CCCCC[C@H](NC(=O)OC4CCCC4)C(=O)N3C1)C2.